The minimum absolute atomic E-state index is 0.0291. The van der Waals surface area contributed by atoms with Gasteiger partial charge in [0.2, 0.25) is 0 Å². The summed E-state index contributed by atoms with van der Waals surface area (Å²) in [5.41, 5.74) is 7.97. The van der Waals surface area contributed by atoms with Crippen LogP contribution in [0.4, 0.5) is 5.69 Å². The van der Waals surface area contributed by atoms with Crippen LogP contribution in [0.1, 0.15) is 42.6 Å². The lowest BCUT2D eigenvalue weighted by Crippen LogP contribution is -2.25. The number of carbonyl (C=O) groups excluding carboxylic acids is 1. The van der Waals surface area contributed by atoms with Crippen LogP contribution in [-0.2, 0) is 0 Å². The maximum absolute atomic E-state index is 11.9. The monoisotopic (exact) mass is 234 g/mol. The Labute approximate surface area is 103 Å². The normalized spacial score (nSPS) is 10.6. The van der Waals surface area contributed by atoms with Crippen molar-refractivity contribution in [1.82, 2.24) is 5.32 Å². The van der Waals surface area contributed by atoms with E-state index in [1.165, 1.54) is 0 Å². The van der Waals surface area contributed by atoms with Crippen molar-refractivity contribution in [2.24, 2.45) is 5.92 Å². The molecule has 0 saturated carbocycles. The van der Waals surface area contributed by atoms with Crippen LogP contribution >= 0.6 is 0 Å². The summed E-state index contributed by atoms with van der Waals surface area (Å²) in [6, 6.07) is 5.43. The summed E-state index contributed by atoms with van der Waals surface area (Å²) < 4.78 is 0. The van der Waals surface area contributed by atoms with Crippen LogP contribution < -0.4 is 11.1 Å². The van der Waals surface area contributed by atoms with Gasteiger partial charge in [-0.1, -0.05) is 19.9 Å². The maximum Gasteiger partial charge on any atom is 0.251 e. The highest BCUT2D eigenvalue weighted by Crippen LogP contribution is 2.15. The van der Waals surface area contributed by atoms with Crippen LogP contribution in [0.3, 0.4) is 0 Å². The molecule has 0 unspecified atom stereocenters. The van der Waals surface area contributed by atoms with Crippen LogP contribution in [0.25, 0.3) is 0 Å². The zero-order valence-electron chi connectivity index (χ0n) is 10.9. The molecule has 1 aromatic rings. The Morgan fingerprint density at radius 3 is 2.76 bits per heavy atom. The van der Waals surface area contributed by atoms with Crippen molar-refractivity contribution < 1.29 is 4.79 Å². The Morgan fingerprint density at radius 2 is 2.12 bits per heavy atom. The average molecular weight is 234 g/mol. The highest BCUT2D eigenvalue weighted by atomic mass is 16.1. The number of carbonyl (C=O) groups is 1. The zero-order valence-corrected chi connectivity index (χ0v) is 10.9. The number of anilines is 1. The van der Waals surface area contributed by atoms with E-state index in [4.69, 9.17) is 5.73 Å². The van der Waals surface area contributed by atoms with Crippen molar-refractivity contribution in [2.75, 3.05) is 12.3 Å². The molecule has 0 saturated heterocycles. The van der Waals surface area contributed by atoms with Gasteiger partial charge in [-0.05, 0) is 43.4 Å². The molecule has 3 nitrogen and oxygen atoms in total. The predicted octanol–water partition coefficient (Wildman–Crippen LogP) is 2.74. The molecule has 0 aliphatic heterocycles. The minimum atomic E-state index is -0.0291. The molecule has 0 aliphatic carbocycles. The fourth-order valence-electron chi connectivity index (χ4n) is 1.71. The first-order valence-electron chi connectivity index (χ1n) is 6.15. The lowest BCUT2D eigenvalue weighted by atomic mass is 10.1. The number of nitrogen functional groups attached to an aromatic ring is 1. The fourth-order valence-corrected chi connectivity index (χ4v) is 1.71. The molecule has 1 amide bonds. The van der Waals surface area contributed by atoms with Gasteiger partial charge in [0, 0.05) is 17.8 Å². The maximum atomic E-state index is 11.9. The van der Waals surface area contributed by atoms with E-state index in [-0.39, 0.29) is 5.91 Å². The van der Waals surface area contributed by atoms with Crippen LogP contribution in [-0.4, -0.2) is 12.5 Å². The van der Waals surface area contributed by atoms with Gasteiger partial charge in [-0.2, -0.15) is 0 Å². The van der Waals surface area contributed by atoms with Gasteiger partial charge in [0.15, 0.2) is 0 Å². The highest BCUT2D eigenvalue weighted by molar-refractivity contribution is 5.96. The summed E-state index contributed by atoms with van der Waals surface area (Å²) >= 11 is 0. The van der Waals surface area contributed by atoms with E-state index in [1.807, 2.05) is 25.1 Å². The fraction of sp³-hybridized carbons (Fsp3) is 0.500. The number of nitrogens with two attached hydrogens (primary N) is 1. The molecule has 3 heteroatoms. The van der Waals surface area contributed by atoms with Gasteiger partial charge in [-0.3, -0.25) is 4.79 Å². The highest BCUT2D eigenvalue weighted by Gasteiger charge is 2.09. The quantitative estimate of drug-likeness (QED) is 0.608. The van der Waals surface area contributed by atoms with Crippen LogP contribution in [0.5, 0.6) is 0 Å². The second-order valence-corrected chi connectivity index (χ2v) is 4.81. The van der Waals surface area contributed by atoms with Gasteiger partial charge in [-0.25, -0.2) is 0 Å². The summed E-state index contributed by atoms with van der Waals surface area (Å²) in [4.78, 5) is 11.9. The predicted molar refractivity (Wildman–Crippen MR) is 72.0 cm³/mol. The molecule has 0 bridgehead atoms. The molecule has 0 radical (unpaired) electrons. The molecule has 0 atom stereocenters. The SMILES string of the molecule is Cc1c(N)cccc1C(=O)NCCCC(C)C. The molecule has 0 spiro atoms. The first kappa shape index (κ1) is 13.6. The van der Waals surface area contributed by atoms with Gasteiger partial charge >= 0.3 is 0 Å². The lowest BCUT2D eigenvalue weighted by Gasteiger charge is -2.10. The molecule has 1 rings (SSSR count). The number of hydrogen-bond acceptors (Lipinski definition) is 2. The van der Waals surface area contributed by atoms with E-state index in [1.54, 1.807) is 0 Å². The van der Waals surface area contributed by atoms with Crippen molar-refractivity contribution in [3.63, 3.8) is 0 Å². The van der Waals surface area contributed by atoms with E-state index in [0.717, 1.165) is 24.9 Å². The number of benzene rings is 1. The Balaban J connectivity index is 2.50. The second-order valence-electron chi connectivity index (χ2n) is 4.81. The Hall–Kier alpha value is -1.51. The Bertz CT molecular complexity index is 386. The second kappa shape index (κ2) is 6.28. The van der Waals surface area contributed by atoms with Crippen LogP contribution in [0, 0.1) is 12.8 Å². The average Bonchev–Trinajstić information content (AvgIpc) is 2.27. The third-order valence-electron chi connectivity index (χ3n) is 2.86. The van der Waals surface area contributed by atoms with Crippen LogP contribution in [0.2, 0.25) is 0 Å². The van der Waals surface area contributed by atoms with Gasteiger partial charge in [0.1, 0.15) is 0 Å². The molecule has 0 aromatic heterocycles. The Morgan fingerprint density at radius 1 is 1.41 bits per heavy atom. The first-order valence-corrected chi connectivity index (χ1v) is 6.15. The zero-order chi connectivity index (χ0) is 12.8. The summed E-state index contributed by atoms with van der Waals surface area (Å²) in [5, 5.41) is 2.93. The number of hydrogen-bond donors (Lipinski definition) is 2. The third-order valence-corrected chi connectivity index (χ3v) is 2.86. The molecule has 94 valence electrons. The van der Waals surface area contributed by atoms with Crippen molar-refractivity contribution in [1.29, 1.82) is 0 Å². The number of amides is 1. The molecule has 0 heterocycles. The van der Waals surface area contributed by atoms with E-state index >= 15 is 0 Å². The van der Waals surface area contributed by atoms with E-state index in [0.29, 0.717) is 17.2 Å². The van der Waals surface area contributed by atoms with Crippen molar-refractivity contribution in [2.45, 2.75) is 33.6 Å². The van der Waals surface area contributed by atoms with Gasteiger partial charge < -0.3 is 11.1 Å². The van der Waals surface area contributed by atoms with Gasteiger partial charge in [0.25, 0.3) is 5.91 Å². The van der Waals surface area contributed by atoms with E-state index in [2.05, 4.69) is 19.2 Å². The van der Waals surface area contributed by atoms with E-state index in [9.17, 15) is 4.79 Å². The molecule has 3 N–H and O–H groups in total. The molecular formula is C14H22N2O. The van der Waals surface area contributed by atoms with E-state index < -0.39 is 0 Å². The summed E-state index contributed by atoms with van der Waals surface area (Å²) in [6.45, 7) is 6.97. The van der Waals surface area contributed by atoms with Crippen molar-refractivity contribution >= 4 is 11.6 Å². The number of rotatable bonds is 5. The van der Waals surface area contributed by atoms with Crippen LogP contribution in [0.15, 0.2) is 18.2 Å². The lowest BCUT2D eigenvalue weighted by molar-refractivity contribution is 0.0952. The van der Waals surface area contributed by atoms with Crippen molar-refractivity contribution in [3.05, 3.63) is 29.3 Å². The molecule has 0 fully saturated rings. The van der Waals surface area contributed by atoms with Gasteiger partial charge in [0.05, 0.1) is 0 Å². The summed E-state index contributed by atoms with van der Waals surface area (Å²) in [6.07, 6.45) is 2.15. The largest absolute Gasteiger partial charge is 0.398 e. The molecule has 1 aromatic carbocycles. The Kier molecular flexibility index (Phi) is 5.01. The summed E-state index contributed by atoms with van der Waals surface area (Å²) in [7, 11) is 0. The number of nitrogens with one attached hydrogen (secondary N) is 1. The smallest absolute Gasteiger partial charge is 0.251 e. The first-order chi connectivity index (χ1) is 8.02. The van der Waals surface area contributed by atoms with Gasteiger partial charge in [-0.15, -0.1) is 0 Å². The molecule has 0 aliphatic rings. The van der Waals surface area contributed by atoms with Crippen molar-refractivity contribution in [3.8, 4) is 0 Å². The topological polar surface area (TPSA) is 55.1 Å². The molecule has 17 heavy (non-hydrogen) atoms. The summed E-state index contributed by atoms with van der Waals surface area (Å²) in [5.74, 6) is 0.652. The standard InChI is InChI=1S/C14H22N2O/c1-10(2)6-5-9-16-14(17)12-7-4-8-13(15)11(12)3/h4,7-8,10H,5-6,9,15H2,1-3H3,(H,16,17). The molecular weight excluding hydrogens is 212 g/mol. The minimum Gasteiger partial charge on any atom is -0.398 e. The third kappa shape index (κ3) is 4.10.